The normalized spacial score (nSPS) is 12.4. The SMILES string of the molecule is CCCC(C)C(=O)c1cc(CC(C)C)c(O)c(C=O)c1O. The van der Waals surface area contributed by atoms with Crippen molar-refractivity contribution in [3.63, 3.8) is 0 Å². The molecule has 0 fully saturated rings. The molecule has 0 saturated heterocycles. The van der Waals surface area contributed by atoms with E-state index in [1.165, 1.54) is 6.07 Å². The van der Waals surface area contributed by atoms with Crippen molar-refractivity contribution in [3.05, 3.63) is 22.8 Å². The number of phenols is 2. The molecule has 0 heterocycles. The minimum Gasteiger partial charge on any atom is -0.507 e. The number of phenolic OH excluding ortho intramolecular Hbond substituents is 2. The fourth-order valence-corrected chi connectivity index (χ4v) is 2.47. The Kier molecular flexibility index (Phi) is 5.94. The van der Waals surface area contributed by atoms with Gasteiger partial charge in [0.25, 0.3) is 0 Å². The van der Waals surface area contributed by atoms with E-state index in [9.17, 15) is 19.8 Å². The quantitative estimate of drug-likeness (QED) is 0.593. The van der Waals surface area contributed by atoms with Gasteiger partial charge in [-0.1, -0.05) is 34.1 Å². The van der Waals surface area contributed by atoms with Crippen LogP contribution in [-0.2, 0) is 6.42 Å². The van der Waals surface area contributed by atoms with Gasteiger partial charge in [-0.25, -0.2) is 0 Å². The molecule has 1 aromatic rings. The van der Waals surface area contributed by atoms with Crippen LogP contribution in [0.5, 0.6) is 11.5 Å². The van der Waals surface area contributed by atoms with Gasteiger partial charge in [-0.05, 0) is 30.4 Å². The number of benzene rings is 1. The van der Waals surface area contributed by atoms with Gasteiger partial charge < -0.3 is 10.2 Å². The zero-order chi connectivity index (χ0) is 16.2. The van der Waals surface area contributed by atoms with Gasteiger partial charge in [0, 0.05) is 5.92 Å². The highest BCUT2D eigenvalue weighted by molar-refractivity contribution is 6.03. The molecule has 0 aliphatic rings. The van der Waals surface area contributed by atoms with E-state index in [4.69, 9.17) is 0 Å². The molecule has 1 atom stereocenters. The molecule has 1 rings (SSSR count). The summed E-state index contributed by atoms with van der Waals surface area (Å²) in [7, 11) is 0. The Labute approximate surface area is 125 Å². The summed E-state index contributed by atoms with van der Waals surface area (Å²) in [5, 5.41) is 20.2. The van der Waals surface area contributed by atoms with Crippen molar-refractivity contribution in [1.82, 2.24) is 0 Å². The van der Waals surface area contributed by atoms with Gasteiger partial charge in [-0.15, -0.1) is 0 Å². The third-order valence-electron chi connectivity index (χ3n) is 3.57. The molecule has 0 aliphatic heterocycles. The third kappa shape index (κ3) is 3.84. The van der Waals surface area contributed by atoms with E-state index in [-0.39, 0.29) is 34.5 Å². The molecular weight excluding hydrogens is 268 g/mol. The number of hydrogen-bond acceptors (Lipinski definition) is 4. The monoisotopic (exact) mass is 292 g/mol. The Morgan fingerprint density at radius 3 is 2.33 bits per heavy atom. The Morgan fingerprint density at radius 1 is 1.24 bits per heavy atom. The summed E-state index contributed by atoms with van der Waals surface area (Å²) >= 11 is 0. The number of aldehydes is 1. The summed E-state index contributed by atoms with van der Waals surface area (Å²) in [6.07, 6.45) is 2.52. The minimum atomic E-state index is -0.414. The summed E-state index contributed by atoms with van der Waals surface area (Å²) in [5.74, 6) is -0.797. The molecule has 1 unspecified atom stereocenters. The maximum absolute atomic E-state index is 12.4. The van der Waals surface area contributed by atoms with Gasteiger partial charge in [0.05, 0.1) is 11.1 Å². The molecule has 0 bridgehead atoms. The van der Waals surface area contributed by atoms with E-state index >= 15 is 0 Å². The predicted molar refractivity (Wildman–Crippen MR) is 82.1 cm³/mol. The van der Waals surface area contributed by atoms with Crippen molar-refractivity contribution in [1.29, 1.82) is 0 Å². The maximum atomic E-state index is 12.4. The first-order valence-electron chi connectivity index (χ1n) is 7.40. The van der Waals surface area contributed by atoms with Crippen LogP contribution in [0.25, 0.3) is 0 Å². The van der Waals surface area contributed by atoms with Gasteiger partial charge in [-0.2, -0.15) is 0 Å². The van der Waals surface area contributed by atoms with Crippen molar-refractivity contribution >= 4 is 12.1 Å². The molecule has 0 spiro atoms. The summed E-state index contributed by atoms with van der Waals surface area (Å²) in [5.41, 5.74) is 0.462. The number of rotatable bonds is 7. The second-order valence-electron chi connectivity index (χ2n) is 5.96. The van der Waals surface area contributed by atoms with Crippen molar-refractivity contribution in [2.24, 2.45) is 11.8 Å². The Morgan fingerprint density at radius 2 is 1.86 bits per heavy atom. The summed E-state index contributed by atoms with van der Waals surface area (Å²) in [6, 6.07) is 1.52. The van der Waals surface area contributed by atoms with Crippen molar-refractivity contribution in [3.8, 4) is 11.5 Å². The highest BCUT2D eigenvalue weighted by atomic mass is 16.3. The van der Waals surface area contributed by atoms with Crippen LogP contribution in [-0.4, -0.2) is 22.3 Å². The number of Topliss-reactive ketones (excluding diaryl/α,β-unsaturated/α-hetero) is 1. The number of aromatic hydroxyl groups is 2. The van der Waals surface area contributed by atoms with Crippen LogP contribution >= 0.6 is 0 Å². The van der Waals surface area contributed by atoms with Gasteiger partial charge in [-0.3, -0.25) is 9.59 Å². The second-order valence-corrected chi connectivity index (χ2v) is 5.96. The van der Waals surface area contributed by atoms with Crippen molar-refractivity contribution < 1.29 is 19.8 Å². The highest BCUT2D eigenvalue weighted by Crippen LogP contribution is 2.35. The van der Waals surface area contributed by atoms with Crippen LogP contribution in [0.3, 0.4) is 0 Å². The van der Waals surface area contributed by atoms with Crippen molar-refractivity contribution in [2.75, 3.05) is 0 Å². The largest absolute Gasteiger partial charge is 0.507 e. The summed E-state index contributed by atoms with van der Waals surface area (Å²) in [4.78, 5) is 23.5. The van der Waals surface area contributed by atoms with E-state index in [1.807, 2.05) is 20.8 Å². The Balaban J connectivity index is 3.37. The molecule has 21 heavy (non-hydrogen) atoms. The van der Waals surface area contributed by atoms with Crippen LogP contribution in [0, 0.1) is 11.8 Å². The molecule has 4 nitrogen and oxygen atoms in total. The van der Waals surface area contributed by atoms with E-state index in [1.54, 1.807) is 6.92 Å². The van der Waals surface area contributed by atoms with Crippen LogP contribution in [0.4, 0.5) is 0 Å². The lowest BCUT2D eigenvalue weighted by molar-refractivity contribution is 0.0920. The summed E-state index contributed by atoms with van der Waals surface area (Å²) in [6.45, 7) is 7.75. The molecule has 2 N–H and O–H groups in total. The minimum absolute atomic E-state index is 0.131. The Bertz CT molecular complexity index is 532. The lowest BCUT2D eigenvalue weighted by Crippen LogP contribution is -2.13. The molecule has 1 aromatic carbocycles. The number of carbonyl (C=O) groups is 2. The molecule has 4 heteroatoms. The molecular formula is C17H24O4. The van der Waals surface area contributed by atoms with Crippen LogP contribution in [0.2, 0.25) is 0 Å². The average molecular weight is 292 g/mol. The fourth-order valence-electron chi connectivity index (χ4n) is 2.47. The van der Waals surface area contributed by atoms with Gasteiger partial charge in [0.15, 0.2) is 12.1 Å². The smallest absolute Gasteiger partial charge is 0.169 e. The molecule has 0 radical (unpaired) electrons. The van der Waals surface area contributed by atoms with E-state index in [0.717, 1.165) is 12.8 Å². The zero-order valence-corrected chi connectivity index (χ0v) is 13.1. The first-order chi connectivity index (χ1) is 9.83. The van der Waals surface area contributed by atoms with Gasteiger partial charge in [0.1, 0.15) is 11.5 Å². The highest BCUT2D eigenvalue weighted by Gasteiger charge is 2.24. The van der Waals surface area contributed by atoms with Crippen LogP contribution in [0.1, 0.15) is 66.8 Å². The van der Waals surface area contributed by atoms with Gasteiger partial charge >= 0.3 is 0 Å². The topological polar surface area (TPSA) is 74.6 Å². The Hall–Kier alpha value is -1.84. The molecule has 0 aliphatic carbocycles. The summed E-state index contributed by atoms with van der Waals surface area (Å²) < 4.78 is 0. The number of carbonyl (C=O) groups excluding carboxylic acids is 2. The number of hydrogen-bond donors (Lipinski definition) is 2. The van der Waals surface area contributed by atoms with E-state index in [2.05, 4.69) is 0 Å². The van der Waals surface area contributed by atoms with E-state index in [0.29, 0.717) is 18.3 Å². The molecule has 0 aromatic heterocycles. The van der Waals surface area contributed by atoms with E-state index < -0.39 is 5.75 Å². The van der Waals surface area contributed by atoms with Crippen LogP contribution < -0.4 is 0 Å². The number of ketones is 1. The average Bonchev–Trinajstić information content (AvgIpc) is 2.41. The predicted octanol–water partition coefficient (Wildman–Crippen LogP) is 3.73. The first-order valence-corrected chi connectivity index (χ1v) is 7.40. The lowest BCUT2D eigenvalue weighted by atomic mass is 9.90. The van der Waals surface area contributed by atoms with Gasteiger partial charge in [0.2, 0.25) is 0 Å². The standard InChI is InChI=1S/C17H24O4/c1-5-6-11(4)15(19)13-8-12(7-10(2)3)16(20)14(9-18)17(13)21/h8-11,20-21H,5-7H2,1-4H3. The molecule has 116 valence electrons. The lowest BCUT2D eigenvalue weighted by Gasteiger charge is -2.16. The third-order valence-corrected chi connectivity index (χ3v) is 3.57. The second kappa shape index (κ2) is 7.25. The van der Waals surface area contributed by atoms with Crippen LogP contribution in [0.15, 0.2) is 6.07 Å². The zero-order valence-electron chi connectivity index (χ0n) is 13.1. The molecule has 0 amide bonds. The molecule has 0 saturated carbocycles. The van der Waals surface area contributed by atoms with Crippen molar-refractivity contribution in [2.45, 2.75) is 47.0 Å². The maximum Gasteiger partial charge on any atom is 0.169 e. The first kappa shape index (κ1) is 17.2. The fraction of sp³-hybridized carbons (Fsp3) is 0.529.